The minimum absolute atomic E-state index is 0.248. The largest absolute Gasteiger partial charge is 0.444 e. The van der Waals surface area contributed by atoms with Gasteiger partial charge in [0.2, 0.25) is 11.8 Å². The van der Waals surface area contributed by atoms with Crippen molar-refractivity contribution in [3.05, 3.63) is 107 Å². The second kappa shape index (κ2) is 16.3. The maximum atomic E-state index is 14.9. The van der Waals surface area contributed by atoms with E-state index in [0.29, 0.717) is 18.9 Å². The number of aryl methyl sites for hydroxylation is 2. The fourth-order valence-electron chi connectivity index (χ4n) is 5.48. The average Bonchev–Trinajstić information content (AvgIpc) is 2.96. The van der Waals surface area contributed by atoms with E-state index in [9.17, 15) is 14.4 Å². The van der Waals surface area contributed by atoms with Gasteiger partial charge in [-0.2, -0.15) is 0 Å². The van der Waals surface area contributed by atoms with Crippen LogP contribution in [0.1, 0.15) is 88.2 Å². The molecular formula is C38H51N3O4. The molecule has 0 aromatic heterocycles. The highest BCUT2D eigenvalue weighted by atomic mass is 16.6. The second-order valence-corrected chi connectivity index (χ2v) is 13.5. The van der Waals surface area contributed by atoms with Crippen molar-refractivity contribution in [3.8, 4) is 0 Å². The topological polar surface area (TPSA) is 87.7 Å². The summed E-state index contributed by atoms with van der Waals surface area (Å²) in [6.07, 6.45) is 1.14. The van der Waals surface area contributed by atoms with Crippen molar-refractivity contribution in [2.75, 3.05) is 0 Å². The predicted octanol–water partition coefficient (Wildman–Crippen LogP) is 7.45. The van der Waals surface area contributed by atoms with Gasteiger partial charge in [-0.25, -0.2) is 4.79 Å². The van der Waals surface area contributed by atoms with Crippen LogP contribution >= 0.6 is 0 Å². The Balaban J connectivity index is 2.11. The van der Waals surface area contributed by atoms with Gasteiger partial charge < -0.3 is 20.3 Å². The molecule has 0 saturated heterocycles. The lowest BCUT2D eigenvalue weighted by Gasteiger charge is -2.39. The van der Waals surface area contributed by atoms with E-state index in [1.807, 2.05) is 93.6 Å². The van der Waals surface area contributed by atoms with E-state index in [-0.39, 0.29) is 24.3 Å². The highest BCUT2D eigenvalue weighted by Crippen LogP contribution is 2.29. The molecule has 7 heteroatoms. The maximum absolute atomic E-state index is 14.9. The minimum atomic E-state index is -0.959. The lowest BCUT2D eigenvalue weighted by atomic mass is 9.94. The summed E-state index contributed by atoms with van der Waals surface area (Å²) in [6.45, 7) is 16.0. The first-order chi connectivity index (χ1) is 21.2. The van der Waals surface area contributed by atoms with E-state index in [1.54, 1.807) is 25.7 Å². The quantitative estimate of drug-likeness (QED) is 0.210. The van der Waals surface area contributed by atoms with Crippen molar-refractivity contribution in [1.82, 2.24) is 15.5 Å². The van der Waals surface area contributed by atoms with Crippen molar-refractivity contribution in [2.24, 2.45) is 5.92 Å². The second-order valence-electron chi connectivity index (χ2n) is 13.5. The summed E-state index contributed by atoms with van der Waals surface area (Å²) < 4.78 is 5.59. The normalized spacial score (nSPS) is 13.4. The molecule has 242 valence electrons. The Kier molecular flexibility index (Phi) is 12.8. The number of nitrogens with one attached hydrogen (secondary N) is 2. The highest BCUT2D eigenvalue weighted by Gasteiger charge is 2.39. The number of rotatable bonds is 13. The number of hydrogen-bond donors (Lipinski definition) is 2. The Morgan fingerprint density at radius 2 is 1.36 bits per heavy atom. The number of nitrogens with zero attached hydrogens (tertiary/aromatic N) is 1. The summed E-state index contributed by atoms with van der Waals surface area (Å²) in [6, 6.07) is 23.1. The van der Waals surface area contributed by atoms with Crippen LogP contribution in [0.5, 0.6) is 0 Å². The molecule has 3 aromatic rings. The van der Waals surface area contributed by atoms with Crippen LogP contribution in [0.15, 0.2) is 78.9 Å². The van der Waals surface area contributed by atoms with Crippen LogP contribution in [0.4, 0.5) is 4.79 Å². The molecule has 0 spiro atoms. The van der Waals surface area contributed by atoms with E-state index >= 15 is 0 Å². The van der Waals surface area contributed by atoms with Gasteiger partial charge >= 0.3 is 6.09 Å². The van der Waals surface area contributed by atoms with Crippen LogP contribution in [0, 0.1) is 19.8 Å². The minimum Gasteiger partial charge on any atom is -0.444 e. The number of hydrogen-bond acceptors (Lipinski definition) is 4. The molecule has 45 heavy (non-hydrogen) atoms. The molecule has 3 aromatic carbocycles. The summed E-state index contributed by atoms with van der Waals surface area (Å²) >= 11 is 0. The molecule has 3 amide bonds. The molecule has 0 saturated carbocycles. The Hall–Kier alpha value is -4.13. The zero-order valence-corrected chi connectivity index (χ0v) is 28.2. The molecule has 0 aliphatic rings. The molecule has 2 N–H and O–H groups in total. The van der Waals surface area contributed by atoms with Gasteiger partial charge in [-0.15, -0.1) is 0 Å². The highest BCUT2D eigenvalue weighted by molar-refractivity contribution is 5.92. The zero-order valence-electron chi connectivity index (χ0n) is 28.2. The van der Waals surface area contributed by atoms with Crippen LogP contribution in [0.2, 0.25) is 0 Å². The summed E-state index contributed by atoms with van der Waals surface area (Å²) in [5.74, 6) is -0.194. The third kappa shape index (κ3) is 11.4. The van der Waals surface area contributed by atoms with Crippen molar-refractivity contribution in [1.29, 1.82) is 0 Å². The van der Waals surface area contributed by atoms with E-state index < -0.39 is 23.8 Å². The third-order valence-corrected chi connectivity index (χ3v) is 7.56. The van der Waals surface area contributed by atoms with E-state index in [4.69, 9.17) is 4.74 Å². The number of carbonyl (C=O) groups is 3. The Morgan fingerprint density at radius 1 is 0.800 bits per heavy atom. The fraction of sp³-hybridized carbons (Fsp3) is 0.447. The van der Waals surface area contributed by atoms with Gasteiger partial charge in [-0.3, -0.25) is 9.59 Å². The average molecular weight is 614 g/mol. The lowest BCUT2D eigenvalue weighted by Crippen LogP contribution is -2.56. The summed E-state index contributed by atoms with van der Waals surface area (Å²) in [4.78, 5) is 44.0. The van der Waals surface area contributed by atoms with Gasteiger partial charge in [-0.1, -0.05) is 104 Å². The molecule has 7 nitrogen and oxygen atoms in total. The summed E-state index contributed by atoms with van der Waals surface area (Å²) in [5.41, 5.74) is 3.84. The standard InChI is InChI=1S/C38H51N3O4/c1-26(2)19-20-29(5)41(36(43)33(24-30-15-11-9-12-16-30)40-37(44)45-38(6,7)8)34(32-22-27(3)21-28(4)23-32)35(42)39-25-31-17-13-10-14-18-31/h9-18,21-23,26,29,33-34H,19-20,24-25H2,1-8H3,(H,39,42)(H,40,44). The Bertz CT molecular complexity index is 1380. The number of benzene rings is 3. The van der Waals surface area contributed by atoms with Crippen molar-refractivity contribution in [3.63, 3.8) is 0 Å². The molecule has 3 rings (SSSR count). The zero-order chi connectivity index (χ0) is 33.1. The Morgan fingerprint density at radius 3 is 1.89 bits per heavy atom. The third-order valence-electron chi connectivity index (χ3n) is 7.56. The molecular weight excluding hydrogens is 562 g/mol. The smallest absolute Gasteiger partial charge is 0.408 e. The van der Waals surface area contributed by atoms with Gasteiger partial charge in [0.15, 0.2) is 0 Å². The first-order valence-corrected chi connectivity index (χ1v) is 16.0. The summed E-state index contributed by atoms with van der Waals surface area (Å²) in [5, 5.41) is 5.97. The number of alkyl carbamates (subject to hydrolysis) is 1. The number of ether oxygens (including phenoxy) is 1. The van der Waals surface area contributed by atoms with Crippen LogP contribution < -0.4 is 10.6 Å². The van der Waals surface area contributed by atoms with Gasteiger partial charge in [0.25, 0.3) is 0 Å². The van der Waals surface area contributed by atoms with Gasteiger partial charge in [0.05, 0.1) is 0 Å². The molecule has 0 fully saturated rings. The number of carbonyl (C=O) groups excluding carboxylic acids is 3. The molecule has 0 heterocycles. The fourth-order valence-corrected chi connectivity index (χ4v) is 5.48. The first-order valence-electron chi connectivity index (χ1n) is 16.0. The molecule has 3 unspecified atom stereocenters. The van der Waals surface area contributed by atoms with Crippen molar-refractivity contribution < 1.29 is 19.1 Å². The van der Waals surface area contributed by atoms with Crippen molar-refractivity contribution >= 4 is 17.9 Å². The molecule has 0 radical (unpaired) electrons. The van der Waals surface area contributed by atoms with Gasteiger partial charge in [0.1, 0.15) is 17.7 Å². The van der Waals surface area contributed by atoms with E-state index in [2.05, 4.69) is 30.5 Å². The predicted molar refractivity (Wildman–Crippen MR) is 181 cm³/mol. The molecule has 0 aliphatic heterocycles. The summed E-state index contributed by atoms with van der Waals surface area (Å²) in [7, 11) is 0. The van der Waals surface area contributed by atoms with Crippen LogP contribution in [-0.4, -0.2) is 40.5 Å². The maximum Gasteiger partial charge on any atom is 0.408 e. The number of amides is 3. The van der Waals surface area contributed by atoms with E-state index in [1.165, 1.54) is 0 Å². The molecule has 0 bridgehead atoms. The monoisotopic (exact) mass is 613 g/mol. The van der Waals surface area contributed by atoms with Gasteiger partial charge in [0, 0.05) is 19.0 Å². The van der Waals surface area contributed by atoms with E-state index in [0.717, 1.165) is 34.2 Å². The molecule has 0 aliphatic carbocycles. The van der Waals surface area contributed by atoms with Crippen LogP contribution in [0.25, 0.3) is 0 Å². The molecule has 3 atom stereocenters. The lowest BCUT2D eigenvalue weighted by molar-refractivity contribution is -0.145. The van der Waals surface area contributed by atoms with Crippen molar-refractivity contribution in [2.45, 2.75) is 105 Å². The van der Waals surface area contributed by atoms with Crippen LogP contribution in [0.3, 0.4) is 0 Å². The van der Waals surface area contributed by atoms with Gasteiger partial charge in [-0.05, 0) is 77.0 Å². The SMILES string of the molecule is Cc1cc(C)cc(C(C(=O)NCc2ccccc2)N(C(=O)C(Cc2ccccc2)NC(=O)OC(C)(C)C)C(C)CCC(C)C)c1. The first kappa shape index (κ1) is 35.4. The Labute approximate surface area is 269 Å². The van der Waals surface area contributed by atoms with Crippen LogP contribution in [-0.2, 0) is 27.3 Å².